The van der Waals surface area contributed by atoms with Crippen LogP contribution in [0, 0.1) is 32.6 Å². The van der Waals surface area contributed by atoms with Crippen LogP contribution in [0.4, 0.5) is 0 Å². The van der Waals surface area contributed by atoms with Crippen molar-refractivity contribution in [2.24, 2.45) is 10.7 Å². The van der Waals surface area contributed by atoms with Crippen molar-refractivity contribution >= 4 is 23.0 Å². The fourth-order valence-electron chi connectivity index (χ4n) is 4.01. The number of nitrogens with zero attached hydrogens (tertiary/aromatic N) is 4. The maximum Gasteiger partial charge on any atom is 0.308 e. The molecule has 3 heterocycles. The number of aromatic nitrogens is 3. The van der Waals surface area contributed by atoms with Gasteiger partial charge in [0.25, 0.3) is 0 Å². The molecule has 0 radical (unpaired) electrons. The van der Waals surface area contributed by atoms with E-state index in [1.165, 1.54) is 4.88 Å². The summed E-state index contributed by atoms with van der Waals surface area (Å²) in [5, 5.41) is 9.80. The average Bonchev–Trinajstić information content (AvgIpc) is 3.23. The molecule has 0 spiro atoms. The Morgan fingerprint density at radius 2 is 1.78 bits per heavy atom. The topological polar surface area (TPSA) is 95.4 Å². The van der Waals surface area contributed by atoms with Gasteiger partial charge in [-0.3, -0.25) is 14.4 Å². The van der Waals surface area contributed by atoms with Crippen LogP contribution in [-0.4, -0.2) is 37.6 Å². The summed E-state index contributed by atoms with van der Waals surface area (Å²) in [6.45, 7) is 15.5. The first-order chi connectivity index (χ1) is 16.7. The minimum absolute atomic E-state index is 0.0705. The van der Waals surface area contributed by atoms with Gasteiger partial charge in [0.15, 0.2) is 5.82 Å². The number of aryl methyl sites for hydroxylation is 2. The van der Waals surface area contributed by atoms with Gasteiger partial charge in [0.1, 0.15) is 22.5 Å². The average molecular weight is 504 g/mol. The van der Waals surface area contributed by atoms with Crippen molar-refractivity contribution in [1.82, 2.24) is 14.8 Å². The molecule has 1 unspecified atom stereocenters. The van der Waals surface area contributed by atoms with Crippen molar-refractivity contribution in [1.29, 1.82) is 0 Å². The van der Waals surface area contributed by atoms with Gasteiger partial charge in [0.05, 0.1) is 17.7 Å². The van der Waals surface area contributed by atoms with Gasteiger partial charge in [-0.2, -0.15) is 0 Å². The SMILES string of the molecule is Cc1sc2c(c1C)C(c1ccc(C#CC(C)(C)N)cc1)=NC(CC(=O)OC(C)(C)C)c1nnc(C)n1-2. The van der Waals surface area contributed by atoms with E-state index in [9.17, 15) is 4.79 Å². The van der Waals surface area contributed by atoms with E-state index in [4.69, 9.17) is 15.5 Å². The van der Waals surface area contributed by atoms with Gasteiger partial charge in [-0.05, 0) is 73.1 Å². The summed E-state index contributed by atoms with van der Waals surface area (Å²) in [6, 6.07) is 7.46. The summed E-state index contributed by atoms with van der Waals surface area (Å²) in [5.41, 5.74) is 9.70. The number of aliphatic imine (C=N–C) groups is 1. The van der Waals surface area contributed by atoms with Crippen molar-refractivity contribution in [3.05, 3.63) is 63.0 Å². The Bertz CT molecular complexity index is 1400. The van der Waals surface area contributed by atoms with Gasteiger partial charge < -0.3 is 10.5 Å². The number of rotatable bonds is 3. The Kier molecular flexibility index (Phi) is 6.67. The smallest absolute Gasteiger partial charge is 0.308 e. The second-order valence-corrected chi connectivity index (χ2v) is 11.9. The Morgan fingerprint density at radius 1 is 1.11 bits per heavy atom. The lowest BCUT2D eigenvalue weighted by molar-refractivity contribution is -0.155. The highest BCUT2D eigenvalue weighted by atomic mass is 32.1. The standard InChI is InChI=1S/C28H33N5O2S/c1-16-17(2)36-26-23(16)24(20-11-9-19(10-12-20)13-14-28(7,8)29)30-21(15-22(34)35-27(4,5)6)25-32-31-18(3)33(25)26/h9-12,21H,15,29H2,1-8H3. The Hall–Kier alpha value is -3.28. The van der Waals surface area contributed by atoms with Gasteiger partial charge in [-0.1, -0.05) is 24.0 Å². The van der Waals surface area contributed by atoms with E-state index in [0.717, 1.165) is 38.8 Å². The number of thiophene rings is 1. The highest BCUT2D eigenvalue weighted by Gasteiger charge is 2.33. The molecule has 0 saturated carbocycles. The molecule has 0 aliphatic carbocycles. The normalized spacial score (nSPS) is 15.2. The molecule has 0 bridgehead atoms. The summed E-state index contributed by atoms with van der Waals surface area (Å²) in [7, 11) is 0. The molecule has 2 aromatic heterocycles. The molecule has 4 rings (SSSR count). The van der Waals surface area contributed by atoms with Crippen LogP contribution in [0.2, 0.25) is 0 Å². The summed E-state index contributed by atoms with van der Waals surface area (Å²) in [4.78, 5) is 19.2. The third kappa shape index (κ3) is 5.43. The van der Waals surface area contributed by atoms with Crippen LogP contribution >= 0.6 is 11.3 Å². The predicted molar refractivity (Wildman–Crippen MR) is 144 cm³/mol. The molecule has 0 saturated heterocycles. The molecule has 8 heteroatoms. The maximum absolute atomic E-state index is 12.9. The minimum Gasteiger partial charge on any atom is -0.460 e. The second-order valence-electron chi connectivity index (χ2n) is 10.7. The van der Waals surface area contributed by atoms with E-state index in [1.54, 1.807) is 11.3 Å². The van der Waals surface area contributed by atoms with Crippen LogP contribution in [0.3, 0.4) is 0 Å². The number of carbonyl (C=O) groups excluding carboxylic acids is 1. The molecule has 1 atom stereocenters. The second kappa shape index (κ2) is 9.30. The van der Waals surface area contributed by atoms with Crippen LogP contribution < -0.4 is 5.73 Å². The monoisotopic (exact) mass is 503 g/mol. The largest absolute Gasteiger partial charge is 0.460 e. The molecule has 36 heavy (non-hydrogen) atoms. The third-order valence-electron chi connectivity index (χ3n) is 5.71. The third-order valence-corrected chi connectivity index (χ3v) is 6.90. The Labute approximate surface area is 216 Å². The van der Waals surface area contributed by atoms with Crippen molar-refractivity contribution in [3.63, 3.8) is 0 Å². The van der Waals surface area contributed by atoms with Crippen molar-refractivity contribution in [3.8, 4) is 16.8 Å². The summed E-state index contributed by atoms with van der Waals surface area (Å²) >= 11 is 1.68. The van der Waals surface area contributed by atoms with Crippen molar-refractivity contribution < 1.29 is 9.53 Å². The first-order valence-electron chi connectivity index (χ1n) is 12.0. The molecular formula is C28H33N5O2S. The Morgan fingerprint density at radius 3 is 2.39 bits per heavy atom. The first-order valence-corrected chi connectivity index (χ1v) is 12.8. The highest BCUT2D eigenvalue weighted by Crippen LogP contribution is 2.39. The van der Waals surface area contributed by atoms with E-state index in [0.29, 0.717) is 5.82 Å². The van der Waals surface area contributed by atoms with Gasteiger partial charge in [-0.15, -0.1) is 21.5 Å². The Balaban J connectivity index is 1.85. The minimum atomic E-state index is -0.584. The van der Waals surface area contributed by atoms with Gasteiger partial charge in [0.2, 0.25) is 0 Å². The lowest BCUT2D eigenvalue weighted by atomic mass is 9.98. The molecule has 1 aliphatic heterocycles. The van der Waals surface area contributed by atoms with E-state index < -0.39 is 17.2 Å². The zero-order chi connectivity index (χ0) is 26.4. The molecular weight excluding hydrogens is 470 g/mol. The fourth-order valence-corrected chi connectivity index (χ4v) is 5.22. The van der Waals surface area contributed by atoms with E-state index in [2.05, 4.69) is 35.9 Å². The van der Waals surface area contributed by atoms with Crippen molar-refractivity contribution in [2.75, 3.05) is 0 Å². The molecule has 2 N–H and O–H groups in total. The number of hydrogen-bond donors (Lipinski definition) is 1. The number of nitrogens with two attached hydrogens (primary N) is 1. The summed E-state index contributed by atoms with van der Waals surface area (Å²) in [5.74, 6) is 7.28. The number of fused-ring (bicyclic) bond motifs is 3. The van der Waals surface area contributed by atoms with Gasteiger partial charge >= 0.3 is 5.97 Å². The maximum atomic E-state index is 12.9. The molecule has 0 amide bonds. The van der Waals surface area contributed by atoms with Gasteiger partial charge in [0, 0.05) is 21.6 Å². The molecule has 7 nitrogen and oxygen atoms in total. The molecule has 188 valence electrons. The zero-order valence-corrected chi connectivity index (χ0v) is 23.0. The number of benzene rings is 1. The molecule has 1 aromatic carbocycles. The fraction of sp³-hybridized carbons (Fsp3) is 0.429. The number of carbonyl (C=O) groups is 1. The van der Waals surface area contributed by atoms with E-state index in [1.807, 2.05) is 70.4 Å². The zero-order valence-electron chi connectivity index (χ0n) is 22.2. The lowest BCUT2D eigenvalue weighted by Gasteiger charge is -2.21. The van der Waals surface area contributed by atoms with Crippen LogP contribution in [0.15, 0.2) is 29.3 Å². The van der Waals surface area contributed by atoms with Crippen LogP contribution in [0.5, 0.6) is 0 Å². The number of ether oxygens (including phenoxy) is 1. The van der Waals surface area contributed by atoms with E-state index >= 15 is 0 Å². The first kappa shape index (κ1) is 25.8. The summed E-state index contributed by atoms with van der Waals surface area (Å²) < 4.78 is 7.66. The summed E-state index contributed by atoms with van der Waals surface area (Å²) in [6.07, 6.45) is 0.0705. The number of hydrogen-bond acceptors (Lipinski definition) is 7. The van der Waals surface area contributed by atoms with Gasteiger partial charge in [-0.25, -0.2) is 0 Å². The number of esters is 1. The predicted octanol–water partition coefficient (Wildman–Crippen LogP) is 4.97. The van der Waals surface area contributed by atoms with Crippen LogP contribution in [0.1, 0.15) is 85.9 Å². The van der Waals surface area contributed by atoms with Crippen LogP contribution in [0.25, 0.3) is 5.00 Å². The highest BCUT2D eigenvalue weighted by molar-refractivity contribution is 7.15. The molecule has 0 fully saturated rings. The lowest BCUT2D eigenvalue weighted by Crippen LogP contribution is -2.29. The van der Waals surface area contributed by atoms with Crippen molar-refractivity contribution in [2.45, 2.75) is 79.0 Å². The molecule has 3 aromatic rings. The van der Waals surface area contributed by atoms with Crippen LogP contribution in [-0.2, 0) is 9.53 Å². The quantitative estimate of drug-likeness (QED) is 0.402. The van der Waals surface area contributed by atoms with E-state index in [-0.39, 0.29) is 12.4 Å². The molecule has 1 aliphatic rings.